The van der Waals surface area contributed by atoms with Crippen LogP contribution in [-0.4, -0.2) is 35.0 Å². The van der Waals surface area contributed by atoms with E-state index >= 15 is 0 Å². The average Bonchev–Trinajstić information content (AvgIpc) is 3.02. The van der Waals surface area contributed by atoms with Crippen molar-refractivity contribution in [3.63, 3.8) is 0 Å². The third-order valence-electron chi connectivity index (χ3n) is 4.19. The van der Waals surface area contributed by atoms with E-state index in [2.05, 4.69) is 0 Å². The number of carbonyl (C=O) groups is 2. The lowest BCUT2D eigenvalue weighted by molar-refractivity contribution is -0.142. The van der Waals surface area contributed by atoms with E-state index in [9.17, 15) is 9.59 Å². The Morgan fingerprint density at radius 1 is 1.25 bits per heavy atom. The summed E-state index contributed by atoms with van der Waals surface area (Å²) < 4.78 is 5.34. The second-order valence-corrected chi connectivity index (χ2v) is 5.61. The summed E-state index contributed by atoms with van der Waals surface area (Å²) in [7, 11) is 0. The van der Waals surface area contributed by atoms with E-state index in [1.807, 2.05) is 19.1 Å². The number of nitrogens with zero attached hydrogens (tertiary/aromatic N) is 1. The lowest BCUT2D eigenvalue weighted by atomic mass is 9.99. The number of rotatable bonds is 2. The highest BCUT2D eigenvalue weighted by Crippen LogP contribution is 2.26. The van der Waals surface area contributed by atoms with E-state index in [-0.39, 0.29) is 11.8 Å². The third kappa shape index (κ3) is 2.18. The highest BCUT2D eigenvalue weighted by Gasteiger charge is 2.37. The first-order valence-electron chi connectivity index (χ1n) is 6.78. The van der Waals surface area contributed by atoms with E-state index in [0.717, 1.165) is 11.1 Å². The quantitative estimate of drug-likeness (QED) is 0.888. The van der Waals surface area contributed by atoms with Gasteiger partial charge >= 0.3 is 5.97 Å². The molecule has 2 aliphatic heterocycles. The molecule has 1 amide bonds. The molecule has 1 aromatic rings. The molecule has 1 N–H and O–H groups in total. The molecule has 0 aromatic heterocycles. The molecule has 2 atom stereocenters. The summed E-state index contributed by atoms with van der Waals surface area (Å²) >= 11 is 0. The minimum absolute atomic E-state index is 0.00536. The van der Waals surface area contributed by atoms with E-state index in [4.69, 9.17) is 9.84 Å². The molecule has 0 bridgehead atoms. The predicted molar refractivity (Wildman–Crippen MR) is 71.1 cm³/mol. The van der Waals surface area contributed by atoms with Gasteiger partial charge in [-0.2, -0.15) is 0 Å². The maximum atomic E-state index is 12.5. The molecule has 0 unspecified atom stereocenters. The van der Waals surface area contributed by atoms with Gasteiger partial charge in [-0.25, -0.2) is 0 Å². The van der Waals surface area contributed by atoms with Crippen molar-refractivity contribution in [3.8, 4) is 0 Å². The summed E-state index contributed by atoms with van der Waals surface area (Å²) in [6.07, 6.45) is 0. The molecule has 5 heteroatoms. The summed E-state index contributed by atoms with van der Waals surface area (Å²) in [4.78, 5) is 25.2. The Hall–Kier alpha value is -1.88. The van der Waals surface area contributed by atoms with Gasteiger partial charge in [-0.1, -0.05) is 13.0 Å². The minimum atomic E-state index is -0.824. The van der Waals surface area contributed by atoms with Gasteiger partial charge in [0.2, 0.25) is 0 Å². The number of carbonyl (C=O) groups excluding carboxylic acids is 1. The van der Waals surface area contributed by atoms with Crippen LogP contribution in [0.25, 0.3) is 0 Å². The van der Waals surface area contributed by atoms with Gasteiger partial charge in [-0.15, -0.1) is 0 Å². The maximum absolute atomic E-state index is 12.5. The maximum Gasteiger partial charge on any atom is 0.308 e. The highest BCUT2D eigenvalue weighted by atomic mass is 16.5. The van der Waals surface area contributed by atoms with Crippen molar-refractivity contribution in [2.24, 2.45) is 11.8 Å². The predicted octanol–water partition coefficient (Wildman–Crippen LogP) is 1.51. The molecule has 106 valence electrons. The summed E-state index contributed by atoms with van der Waals surface area (Å²) in [5.41, 5.74) is 2.80. The van der Waals surface area contributed by atoms with Crippen molar-refractivity contribution in [3.05, 3.63) is 34.9 Å². The largest absolute Gasteiger partial charge is 0.481 e. The van der Waals surface area contributed by atoms with Crippen LogP contribution in [0.5, 0.6) is 0 Å². The fourth-order valence-corrected chi connectivity index (χ4v) is 2.94. The second kappa shape index (κ2) is 4.90. The standard InChI is InChI=1S/C15H17NO4/c1-9-5-16(6-13(9)15(18)19)14(17)10-2-3-11-7-20-8-12(11)4-10/h2-4,9,13H,5-8H2,1H3,(H,18,19)/t9-,13-/m1/s1. The van der Waals surface area contributed by atoms with Crippen molar-refractivity contribution in [2.75, 3.05) is 13.1 Å². The number of amides is 1. The number of hydrogen-bond acceptors (Lipinski definition) is 3. The number of hydrogen-bond donors (Lipinski definition) is 1. The Kier molecular flexibility index (Phi) is 3.22. The van der Waals surface area contributed by atoms with Crippen molar-refractivity contribution >= 4 is 11.9 Å². The highest BCUT2D eigenvalue weighted by molar-refractivity contribution is 5.95. The molecule has 1 saturated heterocycles. The summed E-state index contributed by atoms with van der Waals surface area (Å²) in [5.74, 6) is -1.38. The smallest absolute Gasteiger partial charge is 0.308 e. The van der Waals surface area contributed by atoms with Crippen LogP contribution in [0.4, 0.5) is 0 Å². The van der Waals surface area contributed by atoms with Crippen LogP contribution >= 0.6 is 0 Å². The average molecular weight is 275 g/mol. The second-order valence-electron chi connectivity index (χ2n) is 5.61. The topological polar surface area (TPSA) is 66.8 Å². The summed E-state index contributed by atoms with van der Waals surface area (Å²) in [6, 6.07) is 5.59. The van der Waals surface area contributed by atoms with E-state index in [0.29, 0.717) is 31.9 Å². The molecule has 5 nitrogen and oxygen atoms in total. The normalized spacial score (nSPS) is 24.8. The van der Waals surface area contributed by atoms with Crippen LogP contribution < -0.4 is 0 Å². The van der Waals surface area contributed by atoms with Crippen LogP contribution in [-0.2, 0) is 22.7 Å². The van der Waals surface area contributed by atoms with Gasteiger partial charge in [0.15, 0.2) is 0 Å². The molecule has 0 spiro atoms. The van der Waals surface area contributed by atoms with Gasteiger partial charge in [-0.3, -0.25) is 9.59 Å². The fourth-order valence-electron chi connectivity index (χ4n) is 2.94. The number of fused-ring (bicyclic) bond motifs is 1. The van der Waals surface area contributed by atoms with Crippen LogP contribution in [0.2, 0.25) is 0 Å². The van der Waals surface area contributed by atoms with Gasteiger partial charge in [0.1, 0.15) is 0 Å². The number of aliphatic carboxylic acids is 1. The van der Waals surface area contributed by atoms with Gasteiger partial charge in [0.05, 0.1) is 19.1 Å². The van der Waals surface area contributed by atoms with E-state index in [1.165, 1.54) is 0 Å². The zero-order chi connectivity index (χ0) is 14.3. The fraction of sp³-hybridized carbons (Fsp3) is 0.467. The van der Waals surface area contributed by atoms with Gasteiger partial charge in [0, 0.05) is 18.7 Å². The summed E-state index contributed by atoms with van der Waals surface area (Å²) in [5, 5.41) is 9.13. The SMILES string of the molecule is C[C@@H]1CN(C(=O)c2ccc3c(c2)COC3)C[C@H]1C(=O)O. The first kappa shape index (κ1) is 13.1. The molecule has 0 saturated carbocycles. The Bertz CT molecular complexity index is 569. The minimum Gasteiger partial charge on any atom is -0.481 e. The van der Waals surface area contributed by atoms with Crippen LogP contribution in [0.1, 0.15) is 28.4 Å². The zero-order valence-corrected chi connectivity index (χ0v) is 11.3. The number of likely N-dealkylation sites (tertiary alicyclic amines) is 1. The molecule has 3 rings (SSSR count). The van der Waals surface area contributed by atoms with Crippen molar-refractivity contribution in [2.45, 2.75) is 20.1 Å². The summed E-state index contributed by atoms with van der Waals surface area (Å²) in [6.45, 7) is 3.82. The monoisotopic (exact) mass is 275 g/mol. The first-order chi connectivity index (χ1) is 9.56. The van der Waals surface area contributed by atoms with Gasteiger partial charge in [0.25, 0.3) is 5.91 Å². The number of ether oxygens (including phenoxy) is 1. The molecule has 0 radical (unpaired) electrons. The molecular weight excluding hydrogens is 258 g/mol. The third-order valence-corrected chi connectivity index (χ3v) is 4.19. The zero-order valence-electron chi connectivity index (χ0n) is 11.3. The molecule has 1 fully saturated rings. The Balaban J connectivity index is 1.78. The van der Waals surface area contributed by atoms with Gasteiger partial charge in [-0.05, 0) is 29.2 Å². The van der Waals surface area contributed by atoms with E-state index in [1.54, 1.807) is 11.0 Å². The number of benzene rings is 1. The number of carboxylic acids is 1. The molecule has 20 heavy (non-hydrogen) atoms. The van der Waals surface area contributed by atoms with Crippen molar-refractivity contribution < 1.29 is 19.4 Å². The van der Waals surface area contributed by atoms with Crippen molar-refractivity contribution in [1.82, 2.24) is 4.90 Å². The van der Waals surface area contributed by atoms with Gasteiger partial charge < -0.3 is 14.7 Å². The molecule has 2 heterocycles. The van der Waals surface area contributed by atoms with Crippen molar-refractivity contribution in [1.29, 1.82) is 0 Å². The molecular formula is C15H17NO4. The van der Waals surface area contributed by atoms with Crippen LogP contribution in [0, 0.1) is 11.8 Å². The van der Waals surface area contributed by atoms with Crippen LogP contribution in [0.3, 0.4) is 0 Å². The van der Waals surface area contributed by atoms with Crippen LogP contribution in [0.15, 0.2) is 18.2 Å². The number of carboxylic acid groups (broad SMARTS) is 1. The first-order valence-corrected chi connectivity index (χ1v) is 6.78. The lowest BCUT2D eigenvalue weighted by Gasteiger charge is -2.16. The van der Waals surface area contributed by atoms with E-state index < -0.39 is 11.9 Å². The lowest BCUT2D eigenvalue weighted by Crippen LogP contribution is -2.30. The molecule has 1 aromatic carbocycles. The molecule has 0 aliphatic carbocycles. The Labute approximate surface area is 117 Å². The Morgan fingerprint density at radius 2 is 2.00 bits per heavy atom. The Morgan fingerprint density at radius 3 is 2.70 bits per heavy atom. The molecule has 2 aliphatic rings.